The molecule has 3 aliphatic rings. The third kappa shape index (κ3) is 17.1. The first-order chi connectivity index (χ1) is 37.4. The molecule has 28 heteroatoms. The van der Waals surface area contributed by atoms with E-state index in [2.05, 4.69) is 63.1 Å². The van der Waals surface area contributed by atoms with Crippen LogP contribution in [0.4, 0.5) is 4.79 Å². The summed E-state index contributed by atoms with van der Waals surface area (Å²) in [5, 5.41) is 35.4. The van der Waals surface area contributed by atoms with Crippen molar-refractivity contribution < 1.29 is 47.9 Å². The van der Waals surface area contributed by atoms with E-state index in [4.69, 9.17) is 16.9 Å². The third-order valence-electron chi connectivity index (χ3n) is 13.1. The topological polar surface area (TPSA) is 398 Å². The van der Waals surface area contributed by atoms with Crippen molar-refractivity contribution in [3.05, 3.63) is 71.9 Å². The number of aliphatic imine (C=N–C) groups is 1. The smallest absolute Gasteiger partial charge is 0.325 e. The standard InChI is InChI=1S/C50H68N16O10S2/c1-3-4-16-39(66-40(67)23-57-50(66)76)48(75)65-38-25-78-77-24-37(41(51)68)64-45(72)35(19-29-21-56-32-14-9-8-13-31(29)32)63-43(70)33(15-10-17-55-49(52)53)60-44(71)34(18-28-11-6-5-7-12-28)62-46(73)36(20-30-22-54-26-58-30)61-42(69)27(2)59-47(38)74/h5-9,11-14,21,26-27,30,33-39,56H,3-4,10,15-20,22-25H2,1-2H3,(H2,51,68)(H,54,58)(H,57,76)(H,59,74)(H,60,71)(H,61,69)(H,62,73)(H,63,70)(H,64,72)(H,65,75)(H4,52,53,55)/t27-,30?,33+,34-,35?,36+,37+,38+,39+/m1/s1. The molecule has 6 rings (SSSR count). The van der Waals surface area contributed by atoms with Gasteiger partial charge in [0.25, 0.3) is 5.91 Å². The molecule has 26 nitrogen and oxygen atoms in total. The summed E-state index contributed by atoms with van der Waals surface area (Å²) in [5.41, 5.74) is 13.4. The van der Waals surface area contributed by atoms with Crippen molar-refractivity contribution in [1.29, 1.82) is 5.41 Å². The Morgan fingerprint density at radius 3 is 2.12 bits per heavy atom. The molecular weight excluding hydrogens is 1050 g/mol. The molecule has 420 valence electrons. The Labute approximate surface area is 457 Å². The first-order valence-corrected chi connectivity index (χ1v) is 28.1. The zero-order valence-electron chi connectivity index (χ0n) is 43.2. The van der Waals surface area contributed by atoms with Gasteiger partial charge in [0.2, 0.25) is 47.3 Å². The fourth-order valence-electron chi connectivity index (χ4n) is 8.80. The normalized spacial score (nSPS) is 24.6. The second-order valence-electron chi connectivity index (χ2n) is 19.0. The number of rotatable bonds is 17. The number of nitrogens with zero attached hydrogens (tertiary/aromatic N) is 2. The molecule has 0 bridgehead atoms. The number of aromatic amines is 1. The van der Waals surface area contributed by atoms with E-state index in [9.17, 15) is 47.9 Å². The lowest BCUT2D eigenvalue weighted by Crippen LogP contribution is -2.61. The third-order valence-corrected chi connectivity index (χ3v) is 15.5. The number of H-pyrrole nitrogens is 1. The number of hydrogen-bond acceptors (Lipinski definition) is 15. The lowest BCUT2D eigenvalue weighted by molar-refractivity contribution is -0.137. The number of nitrogens with two attached hydrogens (primary N) is 2. The van der Waals surface area contributed by atoms with E-state index in [1.165, 1.54) is 13.3 Å². The van der Waals surface area contributed by atoms with Crippen LogP contribution in [-0.2, 0) is 56.0 Å². The Hall–Kier alpha value is -7.88. The highest BCUT2D eigenvalue weighted by Crippen LogP contribution is 2.25. The summed E-state index contributed by atoms with van der Waals surface area (Å²) >= 11 is 0. The molecule has 16 N–H and O–H groups in total. The van der Waals surface area contributed by atoms with Gasteiger partial charge >= 0.3 is 6.03 Å². The molecule has 2 saturated heterocycles. The molecule has 0 aliphatic carbocycles. The number of hydrogen-bond donors (Lipinski definition) is 14. The first kappa shape index (κ1) is 59.4. The minimum Gasteiger partial charge on any atom is -0.372 e. The summed E-state index contributed by atoms with van der Waals surface area (Å²) in [6.07, 6.45) is 4.16. The van der Waals surface area contributed by atoms with E-state index in [0.717, 1.165) is 37.4 Å². The quantitative estimate of drug-likeness (QED) is 0.0229. The number of urea groups is 1. The van der Waals surface area contributed by atoms with Gasteiger partial charge in [-0.3, -0.25) is 58.5 Å². The highest BCUT2D eigenvalue weighted by molar-refractivity contribution is 8.76. The fourth-order valence-corrected chi connectivity index (χ4v) is 11.1. The van der Waals surface area contributed by atoms with Gasteiger partial charge in [-0.15, -0.1) is 0 Å². The van der Waals surface area contributed by atoms with Crippen LogP contribution in [0.15, 0.2) is 65.8 Å². The molecule has 3 aliphatic heterocycles. The summed E-state index contributed by atoms with van der Waals surface area (Å²) in [6.45, 7) is 3.26. The molecule has 11 amide bonds. The van der Waals surface area contributed by atoms with E-state index in [-0.39, 0.29) is 75.6 Å². The number of aromatic nitrogens is 1. The Morgan fingerprint density at radius 2 is 1.44 bits per heavy atom. The van der Waals surface area contributed by atoms with Crippen molar-refractivity contribution in [2.75, 3.05) is 31.1 Å². The molecule has 9 atom stereocenters. The molecular formula is C50H68N16O10S2. The number of amides is 11. The van der Waals surface area contributed by atoms with Gasteiger partial charge in [0.05, 0.1) is 19.4 Å². The highest BCUT2D eigenvalue weighted by atomic mass is 33.1. The van der Waals surface area contributed by atoms with Crippen molar-refractivity contribution in [1.82, 2.24) is 63.1 Å². The largest absolute Gasteiger partial charge is 0.372 e. The van der Waals surface area contributed by atoms with Crippen LogP contribution in [0.2, 0.25) is 0 Å². The molecule has 3 aromatic rings. The lowest BCUT2D eigenvalue weighted by Gasteiger charge is -2.28. The van der Waals surface area contributed by atoms with Crippen LogP contribution in [0, 0.1) is 5.41 Å². The van der Waals surface area contributed by atoms with Crippen LogP contribution in [0.5, 0.6) is 0 Å². The molecule has 1 aromatic heterocycles. The van der Waals surface area contributed by atoms with Gasteiger partial charge in [-0.05, 0) is 49.8 Å². The van der Waals surface area contributed by atoms with Gasteiger partial charge in [0.15, 0.2) is 5.96 Å². The molecule has 2 fully saturated rings. The van der Waals surface area contributed by atoms with Crippen molar-refractivity contribution in [3.8, 4) is 0 Å². The summed E-state index contributed by atoms with van der Waals surface area (Å²) in [7, 11) is 2.00. The summed E-state index contributed by atoms with van der Waals surface area (Å²) in [4.78, 5) is 148. The van der Waals surface area contributed by atoms with Gasteiger partial charge in [-0.25, -0.2) is 4.79 Å². The van der Waals surface area contributed by atoms with Crippen molar-refractivity contribution >= 4 is 104 Å². The maximum atomic E-state index is 14.7. The first-order valence-electron chi connectivity index (χ1n) is 25.6. The van der Waals surface area contributed by atoms with Crippen molar-refractivity contribution in [2.45, 2.75) is 120 Å². The molecule has 0 spiro atoms. The zero-order valence-corrected chi connectivity index (χ0v) is 44.8. The van der Waals surface area contributed by atoms with Gasteiger partial charge in [0, 0.05) is 54.0 Å². The number of para-hydroxylation sites is 1. The number of benzene rings is 2. The highest BCUT2D eigenvalue weighted by Gasteiger charge is 2.41. The number of carbonyl (C=O) groups is 10. The van der Waals surface area contributed by atoms with Crippen molar-refractivity contribution in [3.63, 3.8) is 0 Å². The van der Waals surface area contributed by atoms with Crippen LogP contribution in [0.1, 0.15) is 63.5 Å². The summed E-state index contributed by atoms with van der Waals surface area (Å²) in [6, 6.07) is 3.86. The Balaban J connectivity index is 1.37. The van der Waals surface area contributed by atoms with Gasteiger partial charge in [0.1, 0.15) is 48.3 Å². The summed E-state index contributed by atoms with van der Waals surface area (Å²) in [5.74, 6) is -8.06. The minimum absolute atomic E-state index is 0.0350. The average molecular weight is 1120 g/mol. The van der Waals surface area contributed by atoms with E-state index >= 15 is 0 Å². The predicted molar refractivity (Wildman–Crippen MR) is 293 cm³/mol. The van der Waals surface area contributed by atoms with E-state index in [1.54, 1.807) is 42.6 Å². The van der Waals surface area contributed by atoms with Crippen LogP contribution < -0.4 is 64.6 Å². The number of imide groups is 1. The number of guanidine groups is 1. The predicted octanol–water partition coefficient (Wildman–Crippen LogP) is -1.99. The van der Waals surface area contributed by atoms with E-state index < -0.39 is 114 Å². The molecule has 2 unspecified atom stereocenters. The second-order valence-corrected chi connectivity index (χ2v) is 21.5. The van der Waals surface area contributed by atoms with Crippen LogP contribution in [0.25, 0.3) is 10.9 Å². The molecule has 78 heavy (non-hydrogen) atoms. The van der Waals surface area contributed by atoms with Gasteiger partial charge in [-0.2, -0.15) is 0 Å². The van der Waals surface area contributed by atoms with E-state index in [1.807, 2.05) is 25.1 Å². The van der Waals surface area contributed by atoms with E-state index in [0.29, 0.717) is 24.0 Å². The van der Waals surface area contributed by atoms with Crippen LogP contribution >= 0.6 is 21.6 Å². The second kappa shape index (κ2) is 29.0. The maximum Gasteiger partial charge on any atom is 0.325 e. The SMILES string of the molecule is CCCC[C@@H](C(=O)N[C@H]1CSSC[C@@H](C(N)=O)NC(=O)C(Cc2c[nH]c3ccccc23)NC(=O)[C@H](CCCNC(=N)N)NC(=O)[C@@H](Cc2ccccc2)NC(=O)[C@H](CC2CN=CN2)NC(=O)[C@@H](C)NC1=O)N1C(=O)CNC1=O. The maximum absolute atomic E-state index is 14.7. The number of fused-ring (bicyclic) bond motifs is 1. The van der Waals surface area contributed by atoms with Crippen molar-refractivity contribution in [2.24, 2.45) is 16.5 Å². The number of nitrogens with one attached hydrogen (secondary N) is 12. The monoisotopic (exact) mass is 1120 g/mol. The fraction of sp³-hybridized carbons (Fsp3) is 0.480. The average Bonchev–Trinajstić information content (AvgIpc) is 4.20. The number of primary amides is 1. The number of unbranched alkanes of at least 4 members (excludes halogenated alkanes) is 1. The minimum atomic E-state index is -1.43. The summed E-state index contributed by atoms with van der Waals surface area (Å²) < 4.78 is 0. The van der Waals surface area contributed by atoms with Crippen LogP contribution in [-0.4, -0.2) is 167 Å². The Kier molecular flexibility index (Phi) is 22.1. The Bertz CT molecular complexity index is 2690. The van der Waals surface area contributed by atoms with Crippen LogP contribution in [0.3, 0.4) is 0 Å². The molecule has 4 heterocycles. The lowest BCUT2D eigenvalue weighted by atomic mass is 10.0. The molecule has 0 saturated carbocycles. The molecule has 2 aromatic carbocycles. The number of carbonyl (C=O) groups excluding carboxylic acids is 10. The molecule has 0 radical (unpaired) electrons. The zero-order chi connectivity index (χ0) is 56.3. The Morgan fingerprint density at radius 1 is 0.782 bits per heavy atom. The van der Waals surface area contributed by atoms with Gasteiger partial charge in [-0.1, -0.05) is 89.9 Å². The van der Waals surface area contributed by atoms with Gasteiger partial charge < -0.3 is 69.6 Å².